The highest BCUT2D eigenvalue weighted by molar-refractivity contribution is 14.1. The molecule has 9 heteroatoms. The van der Waals surface area contributed by atoms with Crippen LogP contribution in [0.4, 0.5) is 0 Å². The SMILES string of the molecule is CC(C)C(c1ncc(-c2ccc(I)cc2)[nH]1)n1c(O)c(CCC(=O)OC(C)(C)C)[nH]c1=O. The zero-order chi connectivity index (χ0) is 23.6. The molecular weight excluding hydrogens is 523 g/mol. The van der Waals surface area contributed by atoms with Crippen LogP contribution in [0.3, 0.4) is 0 Å². The number of halogens is 1. The van der Waals surface area contributed by atoms with Gasteiger partial charge in [-0.15, -0.1) is 0 Å². The van der Waals surface area contributed by atoms with Crippen LogP contribution >= 0.6 is 22.6 Å². The van der Waals surface area contributed by atoms with Crippen molar-refractivity contribution in [2.45, 2.75) is 59.1 Å². The Morgan fingerprint density at radius 3 is 2.47 bits per heavy atom. The number of aromatic amines is 2. The Morgan fingerprint density at radius 1 is 1.22 bits per heavy atom. The summed E-state index contributed by atoms with van der Waals surface area (Å²) >= 11 is 2.25. The number of aromatic nitrogens is 4. The van der Waals surface area contributed by atoms with E-state index in [0.29, 0.717) is 11.5 Å². The van der Waals surface area contributed by atoms with E-state index in [9.17, 15) is 14.7 Å². The van der Waals surface area contributed by atoms with Gasteiger partial charge in [0, 0.05) is 9.99 Å². The summed E-state index contributed by atoms with van der Waals surface area (Å²) in [4.78, 5) is 35.3. The van der Waals surface area contributed by atoms with E-state index < -0.39 is 17.3 Å². The summed E-state index contributed by atoms with van der Waals surface area (Å²) in [6, 6.07) is 7.51. The number of hydrogen-bond donors (Lipinski definition) is 3. The maximum atomic E-state index is 12.8. The second-order valence-corrected chi connectivity index (χ2v) is 10.3. The summed E-state index contributed by atoms with van der Waals surface area (Å²) in [6.45, 7) is 9.29. The lowest BCUT2D eigenvalue weighted by Crippen LogP contribution is -2.27. The van der Waals surface area contributed by atoms with Crippen molar-refractivity contribution >= 4 is 28.6 Å². The largest absolute Gasteiger partial charge is 0.493 e. The smallest absolute Gasteiger partial charge is 0.329 e. The van der Waals surface area contributed by atoms with E-state index >= 15 is 0 Å². The third-order valence-corrected chi connectivity index (χ3v) is 5.63. The van der Waals surface area contributed by atoms with E-state index in [1.165, 1.54) is 4.57 Å². The van der Waals surface area contributed by atoms with Crippen LogP contribution in [0.1, 0.15) is 58.6 Å². The molecule has 3 N–H and O–H groups in total. The summed E-state index contributed by atoms with van der Waals surface area (Å²) in [5.41, 5.74) is 1.07. The molecule has 2 aromatic heterocycles. The van der Waals surface area contributed by atoms with Crippen molar-refractivity contribution in [2.24, 2.45) is 5.92 Å². The minimum Gasteiger partial charge on any atom is -0.493 e. The number of nitrogens with one attached hydrogen (secondary N) is 2. The average Bonchev–Trinajstić information content (AvgIpc) is 3.26. The Hall–Kier alpha value is -2.56. The number of rotatable bonds is 7. The molecule has 0 amide bonds. The van der Waals surface area contributed by atoms with Crippen LogP contribution in [0.25, 0.3) is 11.3 Å². The minimum absolute atomic E-state index is 0.0381. The molecule has 1 unspecified atom stereocenters. The predicted octanol–water partition coefficient (Wildman–Crippen LogP) is 4.40. The van der Waals surface area contributed by atoms with Gasteiger partial charge < -0.3 is 19.8 Å². The molecule has 0 bridgehead atoms. The number of hydrogen-bond acceptors (Lipinski definition) is 5. The normalized spacial score (nSPS) is 12.8. The van der Waals surface area contributed by atoms with Crippen molar-refractivity contribution in [3.05, 3.63) is 56.0 Å². The number of aryl methyl sites for hydroxylation is 1. The first-order valence-electron chi connectivity index (χ1n) is 10.5. The first-order chi connectivity index (χ1) is 15.0. The van der Waals surface area contributed by atoms with E-state index in [0.717, 1.165) is 14.8 Å². The van der Waals surface area contributed by atoms with Crippen LogP contribution < -0.4 is 5.69 Å². The molecular formula is C23H29IN4O4. The molecule has 2 heterocycles. The molecule has 172 valence electrons. The molecule has 0 spiro atoms. The zero-order valence-electron chi connectivity index (χ0n) is 18.9. The minimum atomic E-state index is -0.588. The maximum Gasteiger partial charge on any atom is 0.329 e. The number of nitrogens with zero attached hydrogens (tertiary/aromatic N) is 2. The number of H-pyrrole nitrogens is 2. The Bertz CT molecular complexity index is 1140. The van der Waals surface area contributed by atoms with Crippen LogP contribution in [0.5, 0.6) is 5.88 Å². The topological polar surface area (TPSA) is 113 Å². The third-order valence-electron chi connectivity index (χ3n) is 4.91. The first-order valence-corrected chi connectivity index (χ1v) is 11.6. The van der Waals surface area contributed by atoms with E-state index in [2.05, 4.69) is 37.5 Å². The van der Waals surface area contributed by atoms with E-state index in [4.69, 9.17) is 4.74 Å². The molecule has 0 aliphatic rings. The summed E-state index contributed by atoms with van der Waals surface area (Å²) in [6.07, 6.45) is 1.94. The predicted molar refractivity (Wildman–Crippen MR) is 131 cm³/mol. The van der Waals surface area contributed by atoms with Crippen LogP contribution in [0.15, 0.2) is 35.3 Å². The molecule has 0 aliphatic carbocycles. The van der Waals surface area contributed by atoms with Crippen molar-refractivity contribution in [1.82, 2.24) is 19.5 Å². The second kappa shape index (κ2) is 9.51. The Morgan fingerprint density at radius 2 is 1.88 bits per heavy atom. The monoisotopic (exact) mass is 552 g/mol. The van der Waals surface area contributed by atoms with Crippen molar-refractivity contribution in [2.75, 3.05) is 0 Å². The number of aromatic hydroxyl groups is 1. The summed E-state index contributed by atoms with van der Waals surface area (Å²) < 4.78 is 7.74. The molecule has 3 rings (SSSR count). The average molecular weight is 552 g/mol. The molecule has 0 aliphatic heterocycles. The standard InChI is InChI=1S/C23H29IN4O4/c1-13(2)19(20-25-12-17(26-20)14-6-8-15(24)9-7-14)28-21(30)16(27-22(28)31)10-11-18(29)32-23(3,4)5/h6-9,12-13,19,30H,10-11H2,1-5H3,(H,25,26)(H,27,31). The Labute approximate surface area is 200 Å². The molecule has 0 saturated heterocycles. The lowest BCUT2D eigenvalue weighted by Gasteiger charge is -2.20. The molecule has 0 radical (unpaired) electrons. The molecule has 0 fully saturated rings. The van der Waals surface area contributed by atoms with Crippen LogP contribution in [0, 0.1) is 9.49 Å². The maximum absolute atomic E-state index is 12.8. The number of carbonyl (C=O) groups is 1. The highest BCUT2D eigenvalue weighted by Crippen LogP contribution is 2.30. The number of ether oxygens (including phenoxy) is 1. The van der Waals surface area contributed by atoms with Crippen LogP contribution in [0.2, 0.25) is 0 Å². The number of benzene rings is 1. The lowest BCUT2D eigenvalue weighted by atomic mass is 10.0. The van der Waals surface area contributed by atoms with E-state index in [1.54, 1.807) is 27.0 Å². The van der Waals surface area contributed by atoms with Gasteiger partial charge in [-0.2, -0.15) is 0 Å². The zero-order valence-corrected chi connectivity index (χ0v) is 21.1. The van der Waals surface area contributed by atoms with Gasteiger partial charge in [-0.05, 0) is 67.0 Å². The number of carbonyl (C=O) groups excluding carboxylic acids is 1. The van der Waals surface area contributed by atoms with Crippen molar-refractivity contribution < 1.29 is 14.6 Å². The summed E-state index contributed by atoms with van der Waals surface area (Å²) in [5.74, 6) is -0.0453. The molecule has 0 saturated carbocycles. The first kappa shape index (κ1) is 24.1. The lowest BCUT2D eigenvalue weighted by molar-refractivity contribution is -0.154. The highest BCUT2D eigenvalue weighted by Gasteiger charge is 2.28. The molecule has 3 aromatic rings. The van der Waals surface area contributed by atoms with Gasteiger partial charge in [0.15, 0.2) is 0 Å². The van der Waals surface area contributed by atoms with Crippen molar-refractivity contribution in [3.8, 4) is 17.1 Å². The fourth-order valence-electron chi connectivity index (χ4n) is 3.54. The van der Waals surface area contributed by atoms with E-state index in [-0.39, 0.29) is 30.6 Å². The van der Waals surface area contributed by atoms with Gasteiger partial charge in [0.25, 0.3) is 0 Å². The van der Waals surface area contributed by atoms with Gasteiger partial charge in [0.1, 0.15) is 17.5 Å². The Balaban J connectivity index is 1.87. The molecule has 32 heavy (non-hydrogen) atoms. The fraction of sp³-hybridized carbons (Fsp3) is 0.435. The second-order valence-electron chi connectivity index (χ2n) is 9.07. The van der Waals surface area contributed by atoms with Crippen molar-refractivity contribution in [1.29, 1.82) is 0 Å². The van der Waals surface area contributed by atoms with Gasteiger partial charge >= 0.3 is 11.7 Å². The van der Waals surface area contributed by atoms with Gasteiger partial charge in [0.2, 0.25) is 5.88 Å². The number of esters is 1. The third kappa shape index (κ3) is 5.62. The quantitative estimate of drug-likeness (QED) is 0.297. The van der Waals surface area contributed by atoms with E-state index in [1.807, 2.05) is 38.1 Å². The van der Waals surface area contributed by atoms with Gasteiger partial charge in [0.05, 0.1) is 24.0 Å². The fourth-order valence-corrected chi connectivity index (χ4v) is 3.90. The molecule has 1 aromatic carbocycles. The van der Waals surface area contributed by atoms with Crippen LogP contribution in [-0.4, -0.2) is 36.2 Å². The van der Waals surface area contributed by atoms with Gasteiger partial charge in [-0.25, -0.2) is 9.78 Å². The van der Waals surface area contributed by atoms with Crippen LogP contribution in [-0.2, 0) is 16.0 Å². The van der Waals surface area contributed by atoms with Gasteiger partial charge in [-0.1, -0.05) is 26.0 Å². The summed E-state index contributed by atoms with van der Waals surface area (Å²) in [7, 11) is 0. The Kier molecular flexibility index (Phi) is 7.16. The highest BCUT2D eigenvalue weighted by atomic mass is 127. The summed E-state index contributed by atoms with van der Waals surface area (Å²) in [5, 5.41) is 10.8. The molecule has 1 atom stereocenters. The number of imidazole rings is 2. The van der Waals surface area contributed by atoms with Crippen molar-refractivity contribution in [3.63, 3.8) is 0 Å². The molecule has 8 nitrogen and oxygen atoms in total. The van der Waals surface area contributed by atoms with Gasteiger partial charge in [-0.3, -0.25) is 9.36 Å².